The van der Waals surface area contributed by atoms with Gasteiger partial charge in [0.1, 0.15) is 5.82 Å². The molecule has 0 fully saturated rings. The summed E-state index contributed by atoms with van der Waals surface area (Å²) in [5.74, 6) is 1.66. The Labute approximate surface area is 130 Å². The molecule has 0 bridgehead atoms. The summed E-state index contributed by atoms with van der Waals surface area (Å²) in [6.45, 7) is 5.10. The third-order valence-electron chi connectivity index (χ3n) is 3.89. The number of hydrogen-bond acceptors (Lipinski definition) is 1. The van der Waals surface area contributed by atoms with Crippen LogP contribution in [0.4, 0.5) is 0 Å². The highest BCUT2D eigenvalue weighted by Gasteiger charge is 2.11. The average molecular weight is 299 g/mol. The molecule has 0 aliphatic rings. The molecular formula is C18H19ClN2. The highest BCUT2D eigenvalue weighted by molar-refractivity contribution is 6.17. The van der Waals surface area contributed by atoms with E-state index in [4.69, 9.17) is 16.6 Å². The molecule has 3 aromatic rings. The Kier molecular flexibility index (Phi) is 3.98. The van der Waals surface area contributed by atoms with Gasteiger partial charge in [0.15, 0.2) is 0 Å². The molecule has 3 heteroatoms. The molecule has 3 rings (SSSR count). The predicted molar refractivity (Wildman–Crippen MR) is 89.2 cm³/mol. The molecule has 0 amide bonds. The first-order valence-corrected chi connectivity index (χ1v) is 7.78. The van der Waals surface area contributed by atoms with Gasteiger partial charge in [-0.15, -0.1) is 11.6 Å². The second-order valence-corrected chi connectivity index (χ2v) is 5.85. The Hall–Kier alpha value is -1.80. The van der Waals surface area contributed by atoms with Crippen molar-refractivity contribution in [1.82, 2.24) is 9.55 Å². The molecule has 0 saturated heterocycles. The maximum atomic E-state index is 5.95. The first kappa shape index (κ1) is 14.2. The monoisotopic (exact) mass is 298 g/mol. The molecule has 0 atom stereocenters. The lowest BCUT2D eigenvalue weighted by Crippen LogP contribution is -2.07. The van der Waals surface area contributed by atoms with E-state index in [1.54, 1.807) is 0 Å². The normalized spacial score (nSPS) is 11.2. The van der Waals surface area contributed by atoms with Crippen molar-refractivity contribution in [2.45, 2.75) is 26.8 Å². The van der Waals surface area contributed by atoms with Crippen LogP contribution < -0.4 is 0 Å². The molecule has 0 aliphatic carbocycles. The van der Waals surface area contributed by atoms with E-state index in [1.807, 2.05) is 0 Å². The van der Waals surface area contributed by atoms with Gasteiger partial charge in [-0.25, -0.2) is 4.98 Å². The topological polar surface area (TPSA) is 17.8 Å². The van der Waals surface area contributed by atoms with Crippen LogP contribution in [0.5, 0.6) is 0 Å². The number of alkyl halides is 1. The average Bonchev–Trinajstić information content (AvgIpc) is 2.79. The maximum absolute atomic E-state index is 5.95. The van der Waals surface area contributed by atoms with Crippen molar-refractivity contribution < 1.29 is 0 Å². The van der Waals surface area contributed by atoms with E-state index >= 15 is 0 Å². The summed E-state index contributed by atoms with van der Waals surface area (Å²) in [6.07, 6.45) is 0.793. The van der Waals surface area contributed by atoms with Crippen LogP contribution in [0.3, 0.4) is 0 Å². The third-order valence-corrected chi connectivity index (χ3v) is 4.08. The van der Waals surface area contributed by atoms with E-state index in [2.05, 4.69) is 60.9 Å². The number of hydrogen-bond donors (Lipinski definition) is 0. The largest absolute Gasteiger partial charge is 0.323 e. The van der Waals surface area contributed by atoms with E-state index < -0.39 is 0 Å². The minimum atomic E-state index is 0.593. The number of halogens is 1. The van der Waals surface area contributed by atoms with Gasteiger partial charge in [0, 0.05) is 18.8 Å². The summed E-state index contributed by atoms with van der Waals surface area (Å²) in [4.78, 5) is 4.77. The number of aromatic nitrogens is 2. The first-order valence-electron chi connectivity index (χ1n) is 7.25. The van der Waals surface area contributed by atoms with Gasteiger partial charge < -0.3 is 4.57 Å². The standard InChI is InChI=1S/C18H19ClN2/c1-13-7-8-17-16(11-13)20-18(9-10-19)21(17)12-15-6-4-3-5-14(15)2/h3-8,11H,9-10,12H2,1-2H3. The quantitative estimate of drug-likeness (QED) is 0.649. The van der Waals surface area contributed by atoms with Crippen molar-refractivity contribution in [2.75, 3.05) is 5.88 Å². The molecule has 2 nitrogen and oxygen atoms in total. The van der Waals surface area contributed by atoms with Crippen molar-refractivity contribution in [3.8, 4) is 0 Å². The highest BCUT2D eigenvalue weighted by atomic mass is 35.5. The van der Waals surface area contributed by atoms with Crippen LogP contribution in [0.25, 0.3) is 11.0 Å². The van der Waals surface area contributed by atoms with Crippen LogP contribution in [0.1, 0.15) is 22.5 Å². The van der Waals surface area contributed by atoms with Gasteiger partial charge in [-0.1, -0.05) is 30.3 Å². The van der Waals surface area contributed by atoms with Gasteiger partial charge in [0.05, 0.1) is 11.0 Å². The SMILES string of the molecule is Cc1ccc2c(c1)nc(CCCl)n2Cc1ccccc1C. The number of fused-ring (bicyclic) bond motifs is 1. The molecule has 0 N–H and O–H groups in total. The molecule has 108 valence electrons. The predicted octanol–water partition coefficient (Wildman–Crippen LogP) is 4.48. The molecule has 0 aliphatic heterocycles. The van der Waals surface area contributed by atoms with E-state index in [-0.39, 0.29) is 0 Å². The van der Waals surface area contributed by atoms with Gasteiger partial charge in [-0.2, -0.15) is 0 Å². The van der Waals surface area contributed by atoms with Gasteiger partial charge in [-0.05, 0) is 42.7 Å². The second-order valence-electron chi connectivity index (χ2n) is 5.47. The Bertz CT molecular complexity index is 774. The zero-order chi connectivity index (χ0) is 14.8. The smallest absolute Gasteiger partial charge is 0.111 e. The number of nitrogens with zero attached hydrogens (tertiary/aromatic N) is 2. The molecule has 1 aromatic heterocycles. The molecule has 0 unspecified atom stereocenters. The van der Waals surface area contributed by atoms with Crippen molar-refractivity contribution in [3.63, 3.8) is 0 Å². The van der Waals surface area contributed by atoms with Crippen LogP contribution in [0.2, 0.25) is 0 Å². The molecule has 2 aromatic carbocycles. The summed E-state index contributed by atoms with van der Waals surface area (Å²) in [7, 11) is 0. The Balaban J connectivity index is 2.11. The van der Waals surface area contributed by atoms with Gasteiger partial charge >= 0.3 is 0 Å². The molecule has 0 saturated carbocycles. The molecule has 0 radical (unpaired) electrons. The minimum Gasteiger partial charge on any atom is -0.323 e. The number of imidazole rings is 1. The molecule has 21 heavy (non-hydrogen) atoms. The van der Waals surface area contributed by atoms with Crippen LogP contribution in [-0.4, -0.2) is 15.4 Å². The number of benzene rings is 2. The second kappa shape index (κ2) is 5.90. The fourth-order valence-electron chi connectivity index (χ4n) is 2.70. The van der Waals surface area contributed by atoms with Crippen LogP contribution in [0.15, 0.2) is 42.5 Å². The Morgan fingerprint density at radius 2 is 1.90 bits per heavy atom. The molecule has 0 spiro atoms. The summed E-state index contributed by atoms with van der Waals surface area (Å²) >= 11 is 5.95. The first-order chi connectivity index (χ1) is 10.2. The Morgan fingerprint density at radius 3 is 2.67 bits per heavy atom. The summed E-state index contributed by atoms with van der Waals surface area (Å²) in [6, 6.07) is 14.9. The lowest BCUT2D eigenvalue weighted by Gasteiger charge is -2.11. The van der Waals surface area contributed by atoms with E-state index in [9.17, 15) is 0 Å². The number of aryl methyl sites for hydroxylation is 3. The summed E-state index contributed by atoms with van der Waals surface area (Å²) < 4.78 is 2.29. The minimum absolute atomic E-state index is 0.593. The summed E-state index contributed by atoms with van der Waals surface area (Å²) in [5.41, 5.74) is 6.12. The fraction of sp³-hybridized carbons (Fsp3) is 0.278. The molecular weight excluding hydrogens is 280 g/mol. The Morgan fingerprint density at radius 1 is 1.10 bits per heavy atom. The van der Waals surface area contributed by atoms with E-state index in [0.29, 0.717) is 5.88 Å². The van der Waals surface area contributed by atoms with E-state index in [1.165, 1.54) is 22.2 Å². The van der Waals surface area contributed by atoms with Crippen LogP contribution in [-0.2, 0) is 13.0 Å². The van der Waals surface area contributed by atoms with E-state index in [0.717, 1.165) is 24.3 Å². The van der Waals surface area contributed by atoms with Gasteiger partial charge in [0.2, 0.25) is 0 Å². The lowest BCUT2D eigenvalue weighted by molar-refractivity contribution is 0.751. The zero-order valence-electron chi connectivity index (χ0n) is 12.4. The number of rotatable bonds is 4. The van der Waals surface area contributed by atoms with Gasteiger partial charge in [-0.3, -0.25) is 0 Å². The van der Waals surface area contributed by atoms with Crippen molar-refractivity contribution in [2.24, 2.45) is 0 Å². The van der Waals surface area contributed by atoms with Crippen molar-refractivity contribution in [3.05, 3.63) is 65.0 Å². The van der Waals surface area contributed by atoms with Crippen molar-refractivity contribution in [1.29, 1.82) is 0 Å². The van der Waals surface area contributed by atoms with Crippen LogP contribution in [0, 0.1) is 13.8 Å². The van der Waals surface area contributed by atoms with Crippen LogP contribution >= 0.6 is 11.6 Å². The lowest BCUT2D eigenvalue weighted by atomic mass is 10.1. The third kappa shape index (κ3) is 2.81. The van der Waals surface area contributed by atoms with Gasteiger partial charge in [0.25, 0.3) is 0 Å². The highest BCUT2D eigenvalue weighted by Crippen LogP contribution is 2.21. The van der Waals surface area contributed by atoms with Crippen molar-refractivity contribution >= 4 is 22.6 Å². The fourth-order valence-corrected chi connectivity index (χ4v) is 2.87. The molecule has 1 heterocycles. The maximum Gasteiger partial charge on any atom is 0.111 e. The summed E-state index contributed by atoms with van der Waals surface area (Å²) in [5, 5.41) is 0. The zero-order valence-corrected chi connectivity index (χ0v) is 13.2.